The first-order valence-corrected chi connectivity index (χ1v) is 7.84. The van der Waals surface area contributed by atoms with Crippen LogP contribution in [0, 0.1) is 0 Å². The van der Waals surface area contributed by atoms with Crippen molar-refractivity contribution in [1.82, 2.24) is 4.90 Å². The molecule has 2 aromatic rings. The number of rotatable bonds is 6. The maximum absolute atomic E-state index is 12.3. The van der Waals surface area contributed by atoms with Crippen molar-refractivity contribution < 1.29 is 24.2 Å². The molecule has 0 fully saturated rings. The van der Waals surface area contributed by atoms with Crippen LogP contribution in [0.25, 0.3) is 0 Å². The first-order chi connectivity index (χ1) is 12.0. The number of ether oxygens (including phenoxy) is 1. The minimum Gasteiger partial charge on any atom is -0.491 e. The van der Waals surface area contributed by atoms with Crippen LogP contribution >= 0.6 is 0 Å². The summed E-state index contributed by atoms with van der Waals surface area (Å²) in [7, 11) is 0. The van der Waals surface area contributed by atoms with Crippen LogP contribution in [-0.2, 0) is 0 Å². The van der Waals surface area contributed by atoms with Crippen molar-refractivity contribution >= 4 is 17.6 Å². The van der Waals surface area contributed by atoms with Gasteiger partial charge in [0.1, 0.15) is 18.5 Å². The summed E-state index contributed by atoms with van der Waals surface area (Å²) >= 11 is 0. The highest BCUT2D eigenvalue weighted by atomic mass is 16.5. The SMILES string of the molecule is CC(=O)c1cccc(OC[C@@H](O)CN2C(=O)c3ccccc3C2=O)c1. The Kier molecular flexibility index (Phi) is 4.63. The van der Waals surface area contributed by atoms with Gasteiger partial charge in [0, 0.05) is 5.56 Å². The quantitative estimate of drug-likeness (QED) is 0.642. The van der Waals surface area contributed by atoms with Gasteiger partial charge in [-0.2, -0.15) is 0 Å². The third-order valence-electron chi connectivity index (χ3n) is 3.95. The highest BCUT2D eigenvalue weighted by Crippen LogP contribution is 2.22. The predicted octanol–water partition coefficient (Wildman–Crippen LogP) is 1.93. The highest BCUT2D eigenvalue weighted by molar-refractivity contribution is 6.21. The minimum atomic E-state index is -1.04. The zero-order chi connectivity index (χ0) is 18.0. The number of aliphatic hydroxyl groups is 1. The molecule has 2 amide bonds. The van der Waals surface area contributed by atoms with Crippen LogP contribution in [0.1, 0.15) is 38.0 Å². The Morgan fingerprint density at radius 3 is 2.32 bits per heavy atom. The standard InChI is InChI=1S/C19H17NO5/c1-12(21)13-5-4-6-15(9-13)25-11-14(22)10-20-18(23)16-7-2-3-8-17(16)19(20)24/h2-9,14,22H,10-11H2,1H3/t14-/m0/s1. The maximum Gasteiger partial charge on any atom is 0.261 e. The van der Waals surface area contributed by atoms with Crippen molar-refractivity contribution in [1.29, 1.82) is 0 Å². The molecule has 0 unspecified atom stereocenters. The van der Waals surface area contributed by atoms with E-state index in [9.17, 15) is 19.5 Å². The van der Waals surface area contributed by atoms with E-state index in [1.165, 1.54) is 6.92 Å². The number of ketones is 1. The monoisotopic (exact) mass is 339 g/mol. The molecule has 2 aromatic carbocycles. The molecule has 1 N–H and O–H groups in total. The fourth-order valence-corrected chi connectivity index (χ4v) is 2.67. The molecule has 0 saturated carbocycles. The average Bonchev–Trinajstić information content (AvgIpc) is 2.85. The van der Waals surface area contributed by atoms with Crippen molar-refractivity contribution in [3.05, 3.63) is 65.2 Å². The summed E-state index contributed by atoms with van der Waals surface area (Å²) in [6.07, 6.45) is -1.04. The summed E-state index contributed by atoms with van der Waals surface area (Å²) in [6.45, 7) is 1.20. The number of nitrogens with zero attached hydrogens (tertiary/aromatic N) is 1. The summed E-state index contributed by atoms with van der Waals surface area (Å²) in [5, 5.41) is 10.1. The molecule has 25 heavy (non-hydrogen) atoms. The number of Topliss-reactive ketones (excluding diaryl/α,β-unsaturated/α-hetero) is 1. The third-order valence-corrected chi connectivity index (χ3v) is 3.95. The summed E-state index contributed by atoms with van der Waals surface area (Å²) in [6, 6.07) is 13.2. The van der Waals surface area contributed by atoms with Crippen LogP contribution < -0.4 is 4.74 Å². The Bertz CT molecular complexity index is 810. The van der Waals surface area contributed by atoms with E-state index < -0.39 is 17.9 Å². The third kappa shape index (κ3) is 3.44. The van der Waals surface area contributed by atoms with E-state index in [1.807, 2.05) is 0 Å². The molecular formula is C19H17NO5. The van der Waals surface area contributed by atoms with Crippen molar-refractivity contribution in [2.24, 2.45) is 0 Å². The number of hydrogen-bond acceptors (Lipinski definition) is 5. The van der Waals surface area contributed by atoms with Crippen LogP contribution in [0.2, 0.25) is 0 Å². The molecule has 1 atom stereocenters. The van der Waals surface area contributed by atoms with Crippen molar-refractivity contribution in [3.63, 3.8) is 0 Å². The Balaban J connectivity index is 1.61. The van der Waals surface area contributed by atoms with Crippen LogP contribution in [-0.4, -0.2) is 46.9 Å². The lowest BCUT2D eigenvalue weighted by Gasteiger charge is -2.19. The Morgan fingerprint density at radius 2 is 1.72 bits per heavy atom. The molecule has 0 saturated heterocycles. The maximum atomic E-state index is 12.3. The molecule has 1 heterocycles. The van der Waals surface area contributed by atoms with Gasteiger partial charge in [-0.25, -0.2) is 0 Å². The summed E-state index contributed by atoms with van der Waals surface area (Å²) in [5.74, 6) is -0.484. The van der Waals surface area contributed by atoms with E-state index in [0.29, 0.717) is 22.4 Å². The number of fused-ring (bicyclic) bond motifs is 1. The van der Waals surface area contributed by atoms with Gasteiger partial charge in [0.05, 0.1) is 17.7 Å². The van der Waals surface area contributed by atoms with Gasteiger partial charge in [-0.05, 0) is 31.2 Å². The summed E-state index contributed by atoms with van der Waals surface area (Å²) in [5.41, 5.74) is 1.19. The molecule has 0 radical (unpaired) electrons. The summed E-state index contributed by atoms with van der Waals surface area (Å²) in [4.78, 5) is 36.9. The zero-order valence-electron chi connectivity index (χ0n) is 13.6. The molecule has 1 aliphatic heterocycles. The Morgan fingerprint density at radius 1 is 1.08 bits per heavy atom. The summed E-state index contributed by atoms with van der Waals surface area (Å²) < 4.78 is 5.47. The number of benzene rings is 2. The number of imide groups is 1. The second-order valence-electron chi connectivity index (χ2n) is 5.82. The van der Waals surface area contributed by atoms with E-state index in [2.05, 4.69) is 0 Å². The topological polar surface area (TPSA) is 83.9 Å². The lowest BCUT2D eigenvalue weighted by Crippen LogP contribution is -2.39. The number of amides is 2. The molecule has 6 nitrogen and oxygen atoms in total. The van der Waals surface area contributed by atoms with Gasteiger partial charge in [0.2, 0.25) is 0 Å². The van der Waals surface area contributed by atoms with Gasteiger partial charge in [0.15, 0.2) is 5.78 Å². The largest absolute Gasteiger partial charge is 0.491 e. The number of hydrogen-bond donors (Lipinski definition) is 1. The average molecular weight is 339 g/mol. The Labute approximate surface area is 144 Å². The number of aliphatic hydroxyl groups excluding tert-OH is 1. The van der Waals surface area contributed by atoms with Gasteiger partial charge < -0.3 is 9.84 Å². The number of carbonyl (C=O) groups excluding carboxylic acids is 3. The van der Waals surface area contributed by atoms with E-state index in [-0.39, 0.29) is 18.9 Å². The molecule has 0 aromatic heterocycles. The molecule has 1 aliphatic rings. The van der Waals surface area contributed by atoms with Crippen LogP contribution in [0.15, 0.2) is 48.5 Å². The molecule has 0 aliphatic carbocycles. The van der Waals surface area contributed by atoms with Crippen molar-refractivity contribution in [2.75, 3.05) is 13.2 Å². The van der Waals surface area contributed by atoms with Gasteiger partial charge in [-0.15, -0.1) is 0 Å². The molecule has 6 heteroatoms. The van der Waals surface area contributed by atoms with Gasteiger partial charge in [-0.3, -0.25) is 19.3 Å². The predicted molar refractivity (Wildman–Crippen MR) is 89.8 cm³/mol. The molecule has 128 valence electrons. The highest BCUT2D eigenvalue weighted by Gasteiger charge is 2.36. The van der Waals surface area contributed by atoms with Gasteiger partial charge in [-0.1, -0.05) is 24.3 Å². The number of β-amino-alcohol motifs (C(OH)–C–C–N with tert-alkyl or cyclic N) is 1. The number of carbonyl (C=O) groups is 3. The molecule has 3 rings (SSSR count). The van der Waals surface area contributed by atoms with Gasteiger partial charge in [0.25, 0.3) is 11.8 Å². The lowest BCUT2D eigenvalue weighted by molar-refractivity contribution is 0.0456. The first kappa shape index (κ1) is 16.9. The molecule has 0 bridgehead atoms. The van der Waals surface area contributed by atoms with E-state index >= 15 is 0 Å². The van der Waals surface area contributed by atoms with E-state index in [0.717, 1.165) is 4.90 Å². The van der Waals surface area contributed by atoms with Crippen LogP contribution in [0.4, 0.5) is 0 Å². The normalized spacial score (nSPS) is 14.4. The lowest BCUT2D eigenvalue weighted by atomic mass is 10.1. The molecular weight excluding hydrogens is 322 g/mol. The van der Waals surface area contributed by atoms with Crippen LogP contribution in [0.3, 0.4) is 0 Å². The van der Waals surface area contributed by atoms with E-state index in [4.69, 9.17) is 4.74 Å². The smallest absolute Gasteiger partial charge is 0.261 e. The van der Waals surface area contributed by atoms with Gasteiger partial charge >= 0.3 is 0 Å². The van der Waals surface area contributed by atoms with Crippen LogP contribution in [0.5, 0.6) is 5.75 Å². The fourth-order valence-electron chi connectivity index (χ4n) is 2.67. The second kappa shape index (κ2) is 6.86. The van der Waals surface area contributed by atoms with Crippen molar-refractivity contribution in [2.45, 2.75) is 13.0 Å². The van der Waals surface area contributed by atoms with E-state index in [1.54, 1.807) is 48.5 Å². The molecule has 0 spiro atoms. The second-order valence-corrected chi connectivity index (χ2v) is 5.82. The fraction of sp³-hybridized carbons (Fsp3) is 0.211. The zero-order valence-corrected chi connectivity index (χ0v) is 13.6. The minimum absolute atomic E-state index is 0.0861. The van der Waals surface area contributed by atoms with Crippen molar-refractivity contribution in [3.8, 4) is 5.75 Å². The first-order valence-electron chi connectivity index (χ1n) is 7.84. The Hall–Kier alpha value is -2.99.